The highest BCUT2D eigenvalue weighted by Crippen LogP contribution is 2.51. The zero-order chi connectivity index (χ0) is 20.7. The van der Waals surface area contributed by atoms with Gasteiger partial charge >= 0.3 is 18.3 Å². The third kappa shape index (κ3) is 3.82. The molecule has 1 rings (SSSR count). The molecule has 0 amide bonds. The van der Waals surface area contributed by atoms with E-state index in [0.717, 1.165) is 0 Å². The van der Waals surface area contributed by atoms with Crippen LogP contribution >= 0.6 is 0 Å². The molecule has 0 aliphatic carbocycles. The summed E-state index contributed by atoms with van der Waals surface area (Å²) in [7, 11) is 0. The van der Waals surface area contributed by atoms with E-state index in [1.54, 1.807) is 20.8 Å². The van der Waals surface area contributed by atoms with Crippen LogP contribution in [0.25, 0.3) is 0 Å². The summed E-state index contributed by atoms with van der Waals surface area (Å²) < 4.78 is 83.2. The zero-order valence-corrected chi connectivity index (χ0v) is 14.9. The number of carbonyl (C=O) groups excluding carboxylic acids is 1. The molecule has 0 saturated carbocycles. The molecular weight excluding hydrogens is 366 g/mol. The van der Waals surface area contributed by atoms with Crippen molar-refractivity contribution in [3.63, 3.8) is 0 Å². The number of halogens is 6. The maximum atomic E-state index is 13.0. The van der Waals surface area contributed by atoms with Crippen molar-refractivity contribution in [2.75, 3.05) is 0 Å². The maximum Gasteiger partial charge on any atom is 0.430 e. The van der Waals surface area contributed by atoms with E-state index in [1.807, 2.05) is 0 Å². The van der Waals surface area contributed by atoms with E-state index in [1.165, 1.54) is 13.8 Å². The molecule has 0 spiro atoms. The number of rotatable bonds is 4. The second-order valence-electron chi connectivity index (χ2n) is 6.77. The minimum absolute atomic E-state index is 0.132. The summed E-state index contributed by atoms with van der Waals surface area (Å²) in [6, 6.07) is 1.05. The minimum Gasteiger partial charge on any atom is -0.426 e. The predicted molar refractivity (Wildman–Crippen MR) is 81.6 cm³/mol. The highest BCUT2D eigenvalue weighted by atomic mass is 19.4. The van der Waals surface area contributed by atoms with E-state index in [-0.39, 0.29) is 16.9 Å². The van der Waals surface area contributed by atoms with Crippen LogP contribution in [0.2, 0.25) is 0 Å². The molecule has 0 saturated heterocycles. The van der Waals surface area contributed by atoms with Crippen LogP contribution in [0, 0.1) is 19.3 Å². The first-order chi connectivity index (χ1) is 11.5. The van der Waals surface area contributed by atoms with E-state index in [2.05, 4.69) is 0 Å². The summed E-state index contributed by atoms with van der Waals surface area (Å²) >= 11 is 0. The number of carbonyl (C=O) groups is 1. The van der Waals surface area contributed by atoms with Crippen molar-refractivity contribution in [2.45, 2.75) is 59.0 Å². The van der Waals surface area contributed by atoms with Crippen LogP contribution in [0.5, 0.6) is 5.75 Å². The molecule has 0 bridgehead atoms. The number of aryl methyl sites for hydroxylation is 2. The fraction of sp³-hybridized carbons (Fsp3) is 0.588. The second-order valence-corrected chi connectivity index (χ2v) is 6.77. The van der Waals surface area contributed by atoms with Crippen molar-refractivity contribution in [2.24, 2.45) is 5.41 Å². The molecule has 1 aromatic rings. The Bertz CT molecular complexity index is 652. The molecule has 1 N–H and O–H groups in total. The summed E-state index contributed by atoms with van der Waals surface area (Å²) in [6.07, 6.45) is -11.5. The van der Waals surface area contributed by atoms with Gasteiger partial charge in [0.2, 0.25) is 0 Å². The van der Waals surface area contributed by atoms with Crippen molar-refractivity contribution in [1.29, 1.82) is 0 Å². The number of benzene rings is 1. The van der Waals surface area contributed by atoms with Gasteiger partial charge in [-0.1, -0.05) is 6.92 Å². The normalized spacial score (nSPS) is 13.7. The third-order valence-electron chi connectivity index (χ3n) is 4.33. The lowest BCUT2D eigenvalue weighted by atomic mass is 9.89. The standard InChI is InChI=1S/C17H20F6O3/c1-6-14(4,5)13(24)26-12-9(2)7-11(8-10(12)3)15(25,16(18,19)20)17(21,22)23/h7-8,25H,6H2,1-5H3. The van der Waals surface area contributed by atoms with Crippen LogP contribution in [-0.4, -0.2) is 23.4 Å². The van der Waals surface area contributed by atoms with Crippen LogP contribution in [0.3, 0.4) is 0 Å². The molecule has 0 radical (unpaired) electrons. The lowest BCUT2D eigenvalue weighted by Crippen LogP contribution is -2.54. The quantitative estimate of drug-likeness (QED) is 0.452. The molecule has 0 atom stereocenters. The first kappa shape index (κ1) is 22.3. The summed E-state index contributed by atoms with van der Waals surface area (Å²) in [5.74, 6) is -0.798. The minimum atomic E-state index is -5.98. The van der Waals surface area contributed by atoms with Crippen LogP contribution < -0.4 is 4.74 Å². The van der Waals surface area contributed by atoms with E-state index in [0.29, 0.717) is 18.6 Å². The van der Waals surface area contributed by atoms with Crippen LogP contribution in [0.1, 0.15) is 43.9 Å². The monoisotopic (exact) mass is 386 g/mol. The van der Waals surface area contributed by atoms with Crippen LogP contribution in [0.4, 0.5) is 26.3 Å². The Labute approximate surface area is 147 Å². The molecule has 26 heavy (non-hydrogen) atoms. The molecule has 0 unspecified atom stereocenters. The van der Waals surface area contributed by atoms with E-state index >= 15 is 0 Å². The highest BCUT2D eigenvalue weighted by molar-refractivity contribution is 5.79. The van der Waals surface area contributed by atoms with Crippen molar-refractivity contribution in [3.05, 3.63) is 28.8 Å². The van der Waals surface area contributed by atoms with Gasteiger partial charge in [-0.2, -0.15) is 26.3 Å². The lowest BCUT2D eigenvalue weighted by molar-refractivity contribution is -0.376. The summed E-state index contributed by atoms with van der Waals surface area (Å²) in [6.45, 7) is 7.33. The van der Waals surface area contributed by atoms with Gasteiger partial charge in [-0.05, 0) is 57.4 Å². The van der Waals surface area contributed by atoms with Gasteiger partial charge in [0.05, 0.1) is 5.41 Å². The Morgan fingerprint density at radius 3 is 1.69 bits per heavy atom. The Morgan fingerprint density at radius 2 is 1.38 bits per heavy atom. The average Bonchev–Trinajstić information content (AvgIpc) is 2.47. The number of hydrogen-bond acceptors (Lipinski definition) is 3. The van der Waals surface area contributed by atoms with Crippen molar-refractivity contribution >= 4 is 5.97 Å². The van der Waals surface area contributed by atoms with E-state index in [9.17, 15) is 36.2 Å². The number of ether oxygens (including phenoxy) is 1. The van der Waals surface area contributed by atoms with Crippen molar-refractivity contribution in [1.82, 2.24) is 0 Å². The van der Waals surface area contributed by atoms with Gasteiger partial charge in [0.1, 0.15) is 5.75 Å². The van der Waals surface area contributed by atoms with Crippen molar-refractivity contribution in [3.8, 4) is 5.75 Å². The predicted octanol–water partition coefficient (Wildman–Crippen LogP) is 4.96. The van der Waals surface area contributed by atoms with Gasteiger partial charge in [0.15, 0.2) is 0 Å². The van der Waals surface area contributed by atoms with Crippen LogP contribution in [0.15, 0.2) is 12.1 Å². The molecule has 0 aromatic heterocycles. The molecule has 0 aliphatic heterocycles. The second kappa shape index (κ2) is 6.75. The fourth-order valence-electron chi connectivity index (χ4n) is 2.18. The fourth-order valence-corrected chi connectivity index (χ4v) is 2.18. The third-order valence-corrected chi connectivity index (χ3v) is 4.33. The largest absolute Gasteiger partial charge is 0.430 e. The summed E-state index contributed by atoms with van der Waals surface area (Å²) in [4.78, 5) is 12.1. The highest BCUT2D eigenvalue weighted by Gasteiger charge is 2.71. The molecule has 148 valence electrons. The van der Waals surface area contributed by atoms with Gasteiger partial charge in [0.25, 0.3) is 5.60 Å². The summed E-state index contributed by atoms with van der Waals surface area (Å²) in [5, 5.41) is 9.49. The molecule has 0 aliphatic rings. The first-order valence-electron chi connectivity index (χ1n) is 7.69. The van der Waals surface area contributed by atoms with Gasteiger partial charge in [0, 0.05) is 5.56 Å². The lowest BCUT2D eigenvalue weighted by Gasteiger charge is -2.33. The number of alkyl halides is 6. The number of hydrogen-bond donors (Lipinski definition) is 1. The Hall–Kier alpha value is -1.77. The maximum absolute atomic E-state index is 13.0. The Morgan fingerprint density at radius 1 is 1.00 bits per heavy atom. The number of esters is 1. The van der Waals surface area contributed by atoms with Gasteiger partial charge in [-0.25, -0.2) is 0 Å². The molecule has 3 nitrogen and oxygen atoms in total. The first-order valence-corrected chi connectivity index (χ1v) is 7.69. The molecule has 0 fully saturated rings. The smallest absolute Gasteiger partial charge is 0.426 e. The molecular formula is C17H20F6O3. The Kier molecular flexibility index (Phi) is 5.78. The van der Waals surface area contributed by atoms with E-state index in [4.69, 9.17) is 4.74 Å². The van der Waals surface area contributed by atoms with Gasteiger partial charge < -0.3 is 9.84 Å². The van der Waals surface area contributed by atoms with Crippen molar-refractivity contribution < 1.29 is 41.0 Å². The zero-order valence-electron chi connectivity index (χ0n) is 14.9. The summed E-state index contributed by atoms with van der Waals surface area (Å²) in [5.41, 5.74) is -7.56. The number of aliphatic hydroxyl groups is 1. The van der Waals surface area contributed by atoms with Gasteiger partial charge in [-0.15, -0.1) is 0 Å². The topological polar surface area (TPSA) is 46.5 Å². The molecule has 0 heterocycles. The van der Waals surface area contributed by atoms with Gasteiger partial charge in [-0.3, -0.25) is 4.79 Å². The van der Waals surface area contributed by atoms with Crippen LogP contribution in [-0.2, 0) is 10.4 Å². The Balaban J connectivity index is 3.48. The molecule has 1 aromatic carbocycles. The SMILES string of the molecule is CCC(C)(C)C(=O)Oc1c(C)cc(C(O)(C(F)(F)F)C(F)(F)F)cc1C. The average molecular weight is 386 g/mol. The van der Waals surface area contributed by atoms with E-state index < -0.39 is 34.9 Å². The molecule has 9 heteroatoms.